The first-order valence-electron chi connectivity index (χ1n) is 9.55. The summed E-state index contributed by atoms with van der Waals surface area (Å²) in [5.41, 5.74) is 0.808. The highest BCUT2D eigenvalue weighted by Crippen LogP contribution is 2.26. The molecule has 2 aromatic rings. The van der Waals surface area contributed by atoms with Crippen LogP contribution < -0.4 is 10.1 Å². The maximum atomic E-state index is 11.9. The fourth-order valence-corrected chi connectivity index (χ4v) is 2.29. The molecule has 0 spiro atoms. The molecule has 0 saturated carbocycles. The van der Waals surface area contributed by atoms with E-state index in [0.29, 0.717) is 42.4 Å². The molecular weight excluding hydrogens is 382 g/mol. The first-order chi connectivity index (χ1) is 14.0. The van der Waals surface area contributed by atoms with Crippen LogP contribution in [0.5, 0.6) is 5.88 Å². The molecular formula is C18H27N5O6. The van der Waals surface area contributed by atoms with Crippen molar-refractivity contribution in [3.63, 3.8) is 0 Å². The lowest BCUT2D eigenvalue weighted by molar-refractivity contribution is -0.201. The lowest BCUT2D eigenvalue weighted by atomic mass is 10.4. The van der Waals surface area contributed by atoms with Crippen LogP contribution in [0.1, 0.15) is 46.4 Å². The van der Waals surface area contributed by atoms with Gasteiger partial charge in [-0.25, -0.2) is 4.98 Å². The SMILES string of the molecule is CCOc1nc(NC)nc2c1ncn2C(OCCCOC(=O)CC)OC(=O)CC. The molecule has 11 nitrogen and oxygen atoms in total. The van der Waals surface area contributed by atoms with E-state index in [2.05, 4.69) is 20.3 Å². The summed E-state index contributed by atoms with van der Waals surface area (Å²) in [5, 5.41) is 2.86. The van der Waals surface area contributed by atoms with Gasteiger partial charge in [-0.3, -0.25) is 14.2 Å². The van der Waals surface area contributed by atoms with Crippen molar-refractivity contribution in [2.45, 2.75) is 46.4 Å². The smallest absolute Gasteiger partial charge is 0.309 e. The van der Waals surface area contributed by atoms with Crippen molar-refractivity contribution >= 4 is 29.1 Å². The molecule has 0 saturated heterocycles. The Morgan fingerprint density at radius 3 is 2.55 bits per heavy atom. The Hall–Kier alpha value is -2.95. The molecule has 0 aliphatic rings. The number of imidazole rings is 1. The van der Waals surface area contributed by atoms with Crippen molar-refractivity contribution in [1.82, 2.24) is 19.5 Å². The first-order valence-corrected chi connectivity index (χ1v) is 9.55. The number of anilines is 1. The molecule has 0 aliphatic heterocycles. The Morgan fingerprint density at radius 2 is 1.90 bits per heavy atom. The number of hydrogen-bond acceptors (Lipinski definition) is 10. The predicted octanol–water partition coefficient (Wildman–Crippen LogP) is 2.04. The van der Waals surface area contributed by atoms with Crippen LogP contribution in [0.3, 0.4) is 0 Å². The third kappa shape index (κ3) is 6.01. The standard InChI is InChI=1S/C18H27N5O6/c1-5-12(24)27-9-8-10-28-18(29-13(25)6-2)23-11-20-14-15(23)21-17(19-4)22-16(14)26-7-3/h11,18H,5-10H2,1-4H3,(H,19,21,22). The molecule has 1 atom stereocenters. The van der Waals surface area contributed by atoms with Gasteiger partial charge in [-0.05, 0) is 6.92 Å². The van der Waals surface area contributed by atoms with E-state index >= 15 is 0 Å². The Kier molecular flexibility index (Phi) is 8.59. The highest BCUT2D eigenvalue weighted by Gasteiger charge is 2.22. The Labute approximate surface area is 168 Å². The average molecular weight is 409 g/mol. The number of esters is 2. The molecule has 29 heavy (non-hydrogen) atoms. The van der Waals surface area contributed by atoms with Crippen molar-refractivity contribution in [2.24, 2.45) is 0 Å². The lowest BCUT2D eigenvalue weighted by Gasteiger charge is -2.19. The van der Waals surface area contributed by atoms with E-state index in [0.717, 1.165) is 0 Å². The third-order valence-electron chi connectivity index (χ3n) is 3.74. The monoisotopic (exact) mass is 409 g/mol. The quantitative estimate of drug-likeness (QED) is 0.316. The number of carbonyl (C=O) groups is 2. The molecule has 0 bridgehead atoms. The van der Waals surface area contributed by atoms with E-state index in [1.54, 1.807) is 20.9 Å². The summed E-state index contributed by atoms with van der Waals surface area (Å²) in [6, 6.07) is 0. The number of carbonyl (C=O) groups excluding carboxylic acids is 2. The zero-order valence-electron chi connectivity index (χ0n) is 17.1. The van der Waals surface area contributed by atoms with Gasteiger partial charge in [0.25, 0.3) is 6.41 Å². The van der Waals surface area contributed by atoms with Crippen molar-refractivity contribution in [3.8, 4) is 5.88 Å². The summed E-state index contributed by atoms with van der Waals surface area (Å²) in [6.07, 6.45) is 1.31. The van der Waals surface area contributed by atoms with Crippen LogP contribution in [-0.2, 0) is 23.8 Å². The van der Waals surface area contributed by atoms with Crippen LogP contribution in [0.2, 0.25) is 0 Å². The van der Waals surface area contributed by atoms with Gasteiger partial charge in [0.1, 0.15) is 6.33 Å². The Balaban J connectivity index is 2.23. The molecule has 160 valence electrons. The first kappa shape index (κ1) is 22.3. The van der Waals surface area contributed by atoms with E-state index in [9.17, 15) is 9.59 Å². The van der Waals surface area contributed by atoms with Gasteiger partial charge >= 0.3 is 11.9 Å². The van der Waals surface area contributed by atoms with Crippen molar-refractivity contribution in [3.05, 3.63) is 6.33 Å². The van der Waals surface area contributed by atoms with Crippen molar-refractivity contribution in [1.29, 1.82) is 0 Å². The molecule has 0 amide bonds. The van der Waals surface area contributed by atoms with E-state index < -0.39 is 12.4 Å². The topological polar surface area (TPSA) is 127 Å². The molecule has 2 heterocycles. The van der Waals surface area contributed by atoms with Gasteiger partial charge < -0.3 is 24.3 Å². The number of hydrogen-bond donors (Lipinski definition) is 1. The molecule has 0 radical (unpaired) electrons. The summed E-state index contributed by atoms with van der Waals surface area (Å²) < 4.78 is 23.2. The van der Waals surface area contributed by atoms with Crippen LogP contribution in [0, 0.1) is 0 Å². The normalized spacial score (nSPS) is 11.9. The van der Waals surface area contributed by atoms with Crippen LogP contribution in [0.4, 0.5) is 5.95 Å². The van der Waals surface area contributed by atoms with E-state index in [4.69, 9.17) is 18.9 Å². The molecule has 0 aromatic carbocycles. The maximum absolute atomic E-state index is 11.9. The molecule has 2 rings (SSSR count). The zero-order chi connectivity index (χ0) is 21.2. The van der Waals surface area contributed by atoms with Crippen molar-refractivity contribution in [2.75, 3.05) is 32.2 Å². The van der Waals surface area contributed by atoms with Gasteiger partial charge in [-0.15, -0.1) is 0 Å². The van der Waals surface area contributed by atoms with Gasteiger partial charge in [-0.2, -0.15) is 9.97 Å². The number of nitrogens with one attached hydrogen (secondary N) is 1. The fraction of sp³-hybridized carbons (Fsp3) is 0.611. The molecule has 0 fully saturated rings. The van der Waals surface area contributed by atoms with Gasteiger partial charge in [-0.1, -0.05) is 13.8 Å². The number of fused-ring (bicyclic) bond motifs is 1. The molecule has 0 aliphatic carbocycles. The Morgan fingerprint density at radius 1 is 1.14 bits per heavy atom. The highest BCUT2D eigenvalue weighted by molar-refractivity contribution is 5.78. The second-order valence-electron chi connectivity index (χ2n) is 5.81. The minimum Gasteiger partial charge on any atom is -0.476 e. The second-order valence-corrected chi connectivity index (χ2v) is 5.81. The van der Waals surface area contributed by atoms with E-state index in [1.165, 1.54) is 10.9 Å². The second kappa shape index (κ2) is 11.1. The third-order valence-corrected chi connectivity index (χ3v) is 3.74. The summed E-state index contributed by atoms with van der Waals surface area (Å²) >= 11 is 0. The minimum atomic E-state index is -1.08. The zero-order valence-corrected chi connectivity index (χ0v) is 17.1. The predicted molar refractivity (Wildman–Crippen MR) is 103 cm³/mol. The molecule has 2 aromatic heterocycles. The molecule has 1 unspecified atom stereocenters. The maximum Gasteiger partial charge on any atom is 0.309 e. The fourth-order valence-electron chi connectivity index (χ4n) is 2.29. The van der Waals surface area contributed by atoms with Crippen LogP contribution >= 0.6 is 0 Å². The summed E-state index contributed by atoms with van der Waals surface area (Å²) in [6.45, 7) is 6.06. The summed E-state index contributed by atoms with van der Waals surface area (Å²) in [7, 11) is 1.68. The Bertz CT molecular complexity index is 824. The van der Waals surface area contributed by atoms with Gasteiger partial charge in [0.2, 0.25) is 11.8 Å². The number of aromatic nitrogens is 4. The molecule has 11 heteroatoms. The van der Waals surface area contributed by atoms with E-state index in [1.807, 2.05) is 6.92 Å². The number of nitrogens with zero attached hydrogens (tertiary/aromatic N) is 4. The van der Waals surface area contributed by atoms with Crippen LogP contribution in [0.25, 0.3) is 11.2 Å². The highest BCUT2D eigenvalue weighted by atomic mass is 16.7. The molecule has 1 N–H and O–H groups in total. The lowest BCUT2D eigenvalue weighted by Crippen LogP contribution is -2.21. The number of ether oxygens (including phenoxy) is 4. The van der Waals surface area contributed by atoms with Gasteiger partial charge in [0.15, 0.2) is 11.2 Å². The largest absolute Gasteiger partial charge is 0.476 e. The van der Waals surface area contributed by atoms with E-state index in [-0.39, 0.29) is 25.6 Å². The number of rotatable bonds is 12. The van der Waals surface area contributed by atoms with Gasteiger partial charge in [0.05, 0.1) is 19.8 Å². The van der Waals surface area contributed by atoms with Gasteiger partial charge in [0, 0.05) is 26.3 Å². The van der Waals surface area contributed by atoms with Crippen LogP contribution in [0.15, 0.2) is 6.33 Å². The van der Waals surface area contributed by atoms with Crippen molar-refractivity contribution < 1.29 is 28.5 Å². The average Bonchev–Trinajstić information content (AvgIpc) is 3.16. The summed E-state index contributed by atoms with van der Waals surface area (Å²) in [5.74, 6) is -0.0797. The van der Waals surface area contributed by atoms with Crippen LogP contribution in [-0.4, -0.2) is 58.3 Å². The minimum absolute atomic E-state index is 0.182. The summed E-state index contributed by atoms with van der Waals surface area (Å²) in [4.78, 5) is 36.0.